The van der Waals surface area contributed by atoms with Crippen molar-refractivity contribution in [1.29, 1.82) is 0 Å². The van der Waals surface area contributed by atoms with Crippen LogP contribution in [0.1, 0.15) is 23.3 Å². The van der Waals surface area contributed by atoms with E-state index in [1.165, 1.54) is 10.4 Å². The molecule has 1 aromatic carbocycles. The lowest BCUT2D eigenvalue weighted by atomic mass is 10.1. The number of carbonyl (C=O) groups excluding carboxylic acids is 1. The molecule has 1 aromatic heterocycles. The molecule has 0 radical (unpaired) electrons. The van der Waals surface area contributed by atoms with E-state index in [-0.39, 0.29) is 5.91 Å². The Labute approximate surface area is 130 Å². The minimum Gasteiger partial charge on any atom is -0.399 e. The van der Waals surface area contributed by atoms with Crippen LogP contribution in [0, 0.1) is 0 Å². The van der Waals surface area contributed by atoms with Gasteiger partial charge in [-0.3, -0.25) is 4.79 Å². The van der Waals surface area contributed by atoms with Crippen LogP contribution in [0.25, 0.3) is 0 Å². The van der Waals surface area contributed by atoms with Crippen LogP contribution < -0.4 is 10.6 Å². The van der Waals surface area contributed by atoms with Crippen LogP contribution in [-0.4, -0.2) is 5.91 Å². The van der Waals surface area contributed by atoms with Crippen LogP contribution >= 0.6 is 27.3 Å². The molecule has 2 heterocycles. The Morgan fingerprint density at radius 3 is 2.85 bits per heavy atom. The maximum absolute atomic E-state index is 12.4. The molecular formula is C15H15BrN2OS. The van der Waals surface area contributed by atoms with Gasteiger partial charge < -0.3 is 10.6 Å². The van der Waals surface area contributed by atoms with E-state index in [9.17, 15) is 4.79 Å². The molecule has 3 rings (SSSR count). The second-order valence-corrected chi connectivity index (χ2v) is 7.47. The smallest absolute Gasteiger partial charge is 0.227 e. The number of halogens is 1. The van der Waals surface area contributed by atoms with E-state index in [4.69, 9.17) is 5.73 Å². The summed E-state index contributed by atoms with van der Waals surface area (Å²) in [6.07, 6.45) is 2.40. The predicted molar refractivity (Wildman–Crippen MR) is 87.0 cm³/mol. The summed E-state index contributed by atoms with van der Waals surface area (Å²) in [5.74, 6) is 0.193. The van der Waals surface area contributed by atoms with Crippen molar-refractivity contribution in [2.24, 2.45) is 0 Å². The molecule has 5 heteroatoms. The van der Waals surface area contributed by atoms with Crippen molar-refractivity contribution >= 4 is 44.5 Å². The summed E-state index contributed by atoms with van der Waals surface area (Å²) >= 11 is 5.13. The van der Waals surface area contributed by atoms with E-state index < -0.39 is 0 Å². The SMILES string of the molecule is Nc1ccc2c(c1)CCCC(=O)N2Cc1ccc(Br)s1. The minimum absolute atomic E-state index is 0.193. The number of amides is 1. The molecule has 20 heavy (non-hydrogen) atoms. The lowest BCUT2D eigenvalue weighted by molar-refractivity contribution is -0.118. The average molecular weight is 351 g/mol. The third kappa shape index (κ3) is 2.74. The molecule has 0 unspecified atom stereocenters. The van der Waals surface area contributed by atoms with Crippen molar-refractivity contribution in [3.05, 3.63) is 44.6 Å². The predicted octanol–water partition coefficient (Wildman–Crippen LogP) is 3.96. The Morgan fingerprint density at radius 1 is 1.25 bits per heavy atom. The first-order valence-electron chi connectivity index (χ1n) is 6.56. The number of nitrogen functional groups attached to an aromatic ring is 1. The zero-order valence-electron chi connectivity index (χ0n) is 10.9. The molecule has 2 N–H and O–H groups in total. The zero-order chi connectivity index (χ0) is 14.1. The largest absolute Gasteiger partial charge is 0.399 e. The molecule has 1 amide bonds. The topological polar surface area (TPSA) is 46.3 Å². The maximum Gasteiger partial charge on any atom is 0.227 e. The number of thiophene rings is 1. The molecule has 0 aliphatic carbocycles. The molecule has 1 aliphatic rings. The number of aryl methyl sites for hydroxylation is 1. The summed E-state index contributed by atoms with van der Waals surface area (Å²) in [6, 6.07) is 9.91. The van der Waals surface area contributed by atoms with Gasteiger partial charge in [0.15, 0.2) is 0 Å². The van der Waals surface area contributed by atoms with E-state index in [2.05, 4.69) is 22.0 Å². The van der Waals surface area contributed by atoms with Gasteiger partial charge in [-0.1, -0.05) is 0 Å². The average Bonchev–Trinajstić information content (AvgIpc) is 2.75. The summed E-state index contributed by atoms with van der Waals surface area (Å²) in [4.78, 5) is 15.4. The number of benzene rings is 1. The van der Waals surface area contributed by atoms with Crippen molar-refractivity contribution in [3.8, 4) is 0 Å². The quantitative estimate of drug-likeness (QED) is 0.833. The summed E-state index contributed by atoms with van der Waals surface area (Å²) in [6.45, 7) is 0.631. The normalized spacial score (nSPS) is 15.1. The number of anilines is 2. The number of hydrogen-bond acceptors (Lipinski definition) is 3. The van der Waals surface area contributed by atoms with E-state index in [0.717, 1.165) is 28.0 Å². The van der Waals surface area contributed by atoms with Gasteiger partial charge in [-0.25, -0.2) is 0 Å². The van der Waals surface area contributed by atoms with E-state index in [1.807, 2.05) is 29.2 Å². The molecular weight excluding hydrogens is 336 g/mol. The highest BCUT2D eigenvalue weighted by Gasteiger charge is 2.22. The highest BCUT2D eigenvalue weighted by molar-refractivity contribution is 9.11. The Morgan fingerprint density at radius 2 is 2.10 bits per heavy atom. The first kappa shape index (κ1) is 13.6. The van der Waals surface area contributed by atoms with Crippen LogP contribution in [0.5, 0.6) is 0 Å². The molecule has 2 aromatic rings. The van der Waals surface area contributed by atoms with Crippen LogP contribution in [0.15, 0.2) is 34.1 Å². The number of fused-ring (bicyclic) bond motifs is 1. The summed E-state index contributed by atoms with van der Waals surface area (Å²) < 4.78 is 1.09. The molecule has 1 aliphatic heterocycles. The van der Waals surface area contributed by atoms with Gasteiger partial charge >= 0.3 is 0 Å². The van der Waals surface area contributed by atoms with Crippen LogP contribution in [0.2, 0.25) is 0 Å². The fourth-order valence-corrected chi connectivity index (χ4v) is 4.01. The van der Waals surface area contributed by atoms with Gasteiger partial charge in [-0.15, -0.1) is 11.3 Å². The first-order chi connectivity index (χ1) is 9.63. The number of carbonyl (C=O) groups is 1. The Kier molecular flexibility index (Phi) is 3.81. The lowest BCUT2D eigenvalue weighted by Gasteiger charge is -2.22. The molecule has 0 saturated heterocycles. The fourth-order valence-electron chi connectivity index (χ4n) is 2.53. The van der Waals surface area contributed by atoms with Crippen molar-refractivity contribution < 1.29 is 4.79 Å². The maximum atomic E-state index is 12.4. The van der Waals surface area contributed by atoms with Gasteiger partial charge in [0.1, 0.15) is 0 Å². The van der Waals surface area contributed by atoms with Gasteiger partial charge in [0.25, 0.3) is 0 Å². The van der Waals surface area contributed by atoms with Gasteiger partial charge in [-0.05, 0) is 64.7 Å². The van der Waals surface area contributed by atoms with Gasteiger partial charge in [0, 0.05) is 22.7 Å². The summed E-state index contributed by atoms with van der Waals surface area (Å²) in [5.41, 5.74) is 8.80. The van der Waals surface area contributed by atoms with Crippen LogP contribution in [0.4, 0.5) is 11.4 Å². The van der Waals surface area contributed by atoms with Crippen molar-refractivity contribution in [2.75, 3.05) is 10.6 Å². The number of hydrogen-bond donors (Lipinski definition) is 1. The van der Waals surface area contributed by atoms with E-state index in [1.54, 1.807) is 11.3 Å². The Bertz CT molecular complexity index is 653. The minimum atomic E-state index is 0.193. The molecule has 0 spiro atoms. The number of rotatable bonds is 2. The zero-order valence-corrected chi connectivity index (χ0v) is 13.3. The highest BCUT2D eigenvalue weighted by Crippen LogP contribution is 2.32. The number of nitrogens with two attached hydrogens (primary N) is 1. The molecule has 0 bridgehead atoms. The molecule has 0 fully saturated rings. The summed E-state index contributed by atoms with van der Waals surface area (Å²) in [5, 5.41) is 0. The van der Waals surface area contributed by atoms with Crippen molar-refractivity contribution in [1.82, 2.24) is 0 Å². The third-order valence-electron chi connectivity index (χ3n) is 3.47. The fraction of sp³-hybridized carbons (Fsp3) is 0.267. The molecule has 0 saturated carbocycles. The second kappa shape index (κ2) is 5.58. The number of nitrogens with zero attached hydrogens (tertiary/aromatic N) is 1. The van der Waals surface area contributed by atoms with E-state index in [0.29, 0.717) is 13.0 Å². The van der Waals surface area contributed by atoms with Gasteiger partial charge in [0.05, 0.1) is 10.3 Å². The monoisotopic (exact) mass is 350 g/mol. The van der Waals surface area contributed by atoms with E-state index >= 15 is 0 Å². The Hall–Kier alpha value is -1.33. The first-order valence-corrected chi connectivity index (χ1v) is 8.17. The standard InChI is InChI=1S/C15H15BrN2OS/c16-14-7-5-12(20-14)9-18-13-6-4-11(17)8-10(13)2-1-3-15(18)19/h4-8H,1-3,9,17H2. The molecule has 3 nitrogen and oxygen atoms in total. The van der Waals surface area contributed by atoms with Gasteiger partial charge in [-0.2, -0.15) is 0 Å². The third-order valence-corrected chi connectivity index (χ3v) is 5.08. The molecule has 0 atom stereocenters. The lowest BCUT2D eigenvalue weighted by Crippen LogP contribution is -2.29. The Balaban J connectivity index is 1.97. The van der Waals surface area contributed by atoms with Gasteiger partial charge in [0.2, 0.25) is 5.91 Å². The van der Waals surface area contributed by atoms with Crippen molar-refractivity contribution in [2.45, 2.75) is 25.8 Å². The van der Waals surface area contributed by atoms with Crippen molar-refractivity contribution in [3.63, 3.8) is 0 Å². The highest BCUT2D eigenvalue weighted by atomic mass is 79.9. The van der Waals surface area contributed by atoms with Crippen LogP contribution in [0.3, 0.4) is 0 Å². The molecule has 104 valence electrons. The second-order valence-electron chi connectivity index (χ2n) is 4.93. The van der Waals surface area contributed by atoms with Crippen LogP contribution in [-0.2, 0) is 17.8 Å². The summed E-state index contributed by atoms with van der Waals surface area (Å²) in [7, 11) is 0.